The lowest BCUT2D eigenvalue weighted by Crippen LogP contribution is -2.18. The second-order valence-electron chi connectivity index (χ2n) is 7.42. The third-order valence-corrected chi connectivity index (χ3v) is 6.14. The van der Waals surface area contributed by atoms with Gasteiger partial charge >= 0.3 is 0 Å². The molecule has 3 aromatic rings. The molecule has 0 bridgehead atoms. The number of rotatable bonds is 9. The van der Waals surface area contributed by atoms with Crippen LogP contribution in [0.15, 0.2) is 53.7 Å². The van der Waals surface area contributed by atoms with Crippen molar-refractivity contribution in [1.29, 1.82) is 0 Å². The number of carbonyl (C=O) groups excluding carboxylic acids is 1. The molecular formula is C22H23N5O5S. The van der Waals surface area contributed by atoms with E-state index in [-0.39, 0.29) is 23.5 Å². The molecule has 2 heterocycles. The summed E-state index contributed by atoms with van der Waals surface area (Å²) < 4.78 is 12.8. The van der Waals surface area contributed by atoms with Crippen molar-refractivity contribution >= 4 is 29.0 Å². The minimum Gasteiger partial charge on any atom is -0.497 e. The number of nitro groups is 1. The third kappa shape index (κ3) is 5.68. The van der Waals surface area contributed by atoms with Gasteiger partial charge in [-0.25, -0.2) is 0 Å². The van der Waals surface area contributed by atoms with Crippen LogP contribution in [0.1, 0.15) is 12.8 Å². The van der Waals surface area contributed by atoms with E-state index in [1.54, 1.807) is 43.5 Å². The van der Waals surface area contributed by atoms with Crippen LogP contribution in [0.25, 0.3) is 11.4 Å². The lowest BCUT2D eigenvalue weighted by molar-refractivity contribution is -0.384. The number of anilines is 1. The summed E-state index contributed by atoms with van der Waals surface area (Å²) in [4.78, 5) is 23.0. The number of benzene rings is 2. The molecule has 1 fully saturated rings. The number of methoxy groups -OCH3 is 1. The number of non-ortho nitro benzene ring substituents is 1. The smallest absolute Gasteiger partial charge is 0.269 e. The molecule has 1 amide bonds. The molecular weight excluding hydrogens is 446 g/mol. The van der Waals surface area contributed by atoms with Gasteiger partial charge in [0.25, 0.3) is 5.69 Å². The number of carbonyl (C=O) groups is 1. The first-order valence-corrected chi connectivity index (χ1v) is 11.4. The summed E-state index contributed by atoms with van der Waals surface area (Å²) in [6.07, 6.45) is 1.96. The van der Waals surface area contributed by atoms with Gasteiger partial charge in [0.05, 0.1) is 30.4 Å². The SMILES string of the molecule is COc1ccc(NC(=O)CSc2nnc(-c3ccc([N+](=O)[O-])cc3)n2C[C@H]2CCCO2)cc1. The van der Waals surface area contributed by atoms with E-state index in [4.69, 9.17) is 9.47 Å². The Kier molecular flexibility index (Phi) is 7.20. The molecule has 0 unspecified atom stereocenters. The number of nitrogens with zero attached hydrogens (tertiary/aromatic N) is 4. The zero-order valence-corrected chi connectivity index (χ0v) is 18.8. The Morgan fingerprint density at radius 3 is 2.64 bits per heavy atom. The molecule has 33 heavy (non-hydrogen) atoms. The Morgan fingerprint density at radius 1 is 1.24 bits per heavy atom. The van der Waals surface area contributed by atoms with E-state index < -0.39 is 4.92 Å². The van der Waals surface area contributed by atoms with Crippen molar-refractivity contribution in [3.63, 3.8) is 0 Å². The summed E-state index contributed by atoms with van der Waals surface area (Å²) in [5.41, 5.74) is 1.39. The molecule has 0 aliphatic carbocycles. The second-order valence-corrected chi connectivity index (χ2v) is 8.36. The Labute approximate surface area is 194 Å². The van der Waals surface area contributed by atoms with Crippen molar-refractivity contribution in [2.75, 3.05) is 24.8 Å². The Balaban J connectivity index is 1.49. The number of nitro benzene ring substituents is 1. The van der Waals surface area contributed by atoms with Crippen LogP contribution < -0.4 is 10.1 Å². The summed E-state index contributed by atoms with van der Waals surface area (Å²) in [6, 6.07) is 13.3. The van der Waals surface area contributed by atoms with Gasteiger partial charge in [0, 0.05) is 30.0 Å². The Bertz CT molecular complexity index is 1110. The quantitative estimate of drug-likeness (QED) is 0.286. The standard InChI is InChI=1S/C22H23N5O5S/c1-31-18-10-6-16(7-11-18)23-20(28)14-33-22-25-24-21(26(22)13-19-3-2-12-32-19)15-4-8-17(9-5-15)27(29)30/h4-11,19H,2-3,12-14H2,1H3,(H,23,28)/t19-/m1/s1. The Hall–Kier alpha value is -3.44. The normalized spacial score (nSPS) is 15.4. The fourth-order valence-electron chi connectivity index (χ4n) is 3.50. The lowest BCUT2D eigenvalue weighted by atomic mass is 10.2. The van der Waals surface area contributed by atoms with Gasteiger partial charge < -0.3 is 14.8 Å². The van der Waals surface area contributed by atoms with E-state index in [1.807, 2.05) is 4.57 Å². The van der Waals surface area contributed by atoms with Crippen molar-refractivity contribution in [3.8, 4) is 17.1 Å². The Morgan fingerprint density at radius 2 is 2.00 bits per heavy atom. The summed E-state index contributed by atoms with van der Waals surface area (Å²) in [5.74, 6) is 1.27. The first kappa shape index (κ1) is 22.7. The maximum atomic E-state index is 12.5. The monoisotopic (exact) mass is 469 g/mol. The van der Waals surface area contributed by atoms with Crippen LogP contribution in [0, 0.1) is 10.1 Å². The van der Waals surface area contributed by atoms with E-state index in [9.17, 15) is 14.9 Å². The zero-order valence-electron chi connectivity index (χ0n) is 18.0. The van der Waals surface area contributed by atoms with Gasteiger partial charge in [-0.1, -0.05) is 11.8 Å². The van der Waals surface area contributed by atoms with Crippen LogP contribution in [-0.4, -0.2) is 51.2 Å². The average molecular weight is 470 g/mol. The molecule has 4 rings (SSSR count). The highest BCUT2D eigenvalue weighted by Crippen LogP contribution is 2.28. The van der Waals surface area contributed by atoms with Crippen LogP contribution in [0.5, 0.6) is 5.75 Å². The van der Waals surface area contributed by atoms with Gasteiger partial charge in [-0.2, -0.15) is 0 Å². The van der Waals surface area contributed by atoms with Crippen LogP contribution in [0.3, 0.4) is 0 Å². The maximum absolute atomic E-state index is 12.5. The van der Waals surface area contributed by atoms with Crippen LogP contribution >= 0.6 is 11.8 Å². The molecule has 172 valence electrons. The van der Waals surface area contributed by atoms with Gasteiger partial charge in [-0.3, -0.25) is 19.5 Å². The number of aromatic nitrogens is 3. The number of hydrogen-bond acceptors (Lipinski definition) is 8. The van der Waals surface area contributed by atoms with Crippen molar-refractivity contribution in [1.82, 2.24) is 14.8 Å². The molecule has 1 aliphatic heterocycles. The van der Waals surface area contributed by atoms with Crippen molar-refractivity contribution in [3.05, 3.63) is 58.6 Å². The number of ether oxygens (including phenoxy) is 2. The molecule has 1 aromatic heterocycles. The minimum absolute atomic E-state index is 0.00810. The first-order chi connectivity index (χ1) is 16.0. The van der Waals surface area contributed by atoms with Crippen LogP contribution in [-0.2, 0) is 16.1 Å². The molecule has 1 N–H and O–H groups in total. The van der Waals surface area contributed by atoms with E-state index in [0.717, 1.165) is 12.8 Å². The number of hydrogen-bond donors (Lipinski definition) is 1. The zero-order chi connectivity index (χ0) is 23.2. The molecule has 1 atom stereocenters. The molecule has 11 heteroatoms. The topological polar surface area (TPSA) is 121 Å². The fraction of sp³-hybridized carbons (Fsp3) is 0.318. The van der Waals surface area contributed by atoms with Crippen LogP contribution in [0.2, 0.25) is 0 Å². The van der Waals surface area contributed by atoms with Crippen molar-refractivity contribution < 1.29 is 19.2 Å². The predicted molar refractivity (Wildman–Crippen MR) is 123 cm³/mol. The van der Waals surface area contributed by atoms with E-state index in [1.165, 1.54) is 23.9 Å². The van der Waals surface area contributed by atoms with Crippen molar-refractivity contribution in [2.24, 2.45) is 0 Å². The highest BCUT2D eigenvalue weighted by Gasteiger charge is 2.22. The average Bonchev–Trinajstić information content (AvgIpc) is 3.49. The number of nitrogens with one attached hydrogen (secondary N) is 1. The molecule has 0 saturated carbocycles. The highest BCUT2D eigenvalue weighted by atomic mass is 32.2. The number of amides is 1. The van der Waals surface area contributed by atoms with Gasteiger partial charge in [-0.15, -0.1) is 10.2 Å². The van der Waals surface area contributed by atoms with Crippen LogP contribution in [0.4, 0.5) is 11.4 Å². The fourth-order valence-corrected chi connectivity index (χ4v) is 4.25. The molecule has 1 aliphatic rings. The second kappa shape index (κ2) is 10.5. The van der Waals surface area contributed by atoms with E-state index >= 15 is 0 Å². The van der Waals surface area contributed by atoms with Gasteiger partial charge in [-0.05, 0) is 49.2 Å². The summed E-state index contributed by atoms with van der Waals surface area (Å²) in [5, 5.41) is 23.0. The highest BCUT2D eigenvalue weighted by molar-refractivity contribution is 7.99. The van der Waals surface area contributed by atoms with Gasteiger partial charge in [0.1, 0.15) is 5.75 Å². The predicted octanol–water partition coefficient (Wildman–Crippen LogP) is 3.77. The largest absolute Gasteiger partial charge is 0.497 e. The first-order valence-electron chi connectivity index (χ1n) is 10.4. The number of thioether (sulfide) groups is 1. The van der Waals surface area contributed by atoms with E-state index in [2.05, 4.69) is 15.5 Å². The molecule has 1 saturated heterocycles. The van der Waals surface area contributed by atoms with Crippen molar-refractivity contribution in [2.45, 2.75) is 30.6 Å². The third-order valence-electron chi connectivity index (χ3n) is 5.17. The maximum Gasteiger partial charge on any atom is 0.269 e. The molecule has 2 aromatic carbocycles. The summed E-state index contributed by atoms with van der Waals surface area (Å²) in [6.45, 7) is 1.26. The van der Waals surface area contributed by atoms with Gasteiger partial charge in [0.2, 0.25) is 5.91 Å². The molecule has 0 spiro atoms. The molecule has 10 nitrogen and oxygen atoms in total. The summed E-state index contributed by atoms with van der Waals surface area (Å²) in [7, 11) is 1.59. The summed E-state index contributed by atoms with van der Waals surface area (Å²) >= 11 is 1.28. The lowest BCUT2D eigenvalue weighted by Gasteiger charge is -2.14. The molecule has 0 radical (unpaired) electrons. The van der Waals surface area contributed by atoms with Gasteiger partial charge in [0.15, 0.2) is 11.0 Å². The minimum atomic E-state index is -0.441. The van der Waals surface area contributed by atoms with E-state index in [0.29, 0.717) is 41.1 Å².